The number of nitrogens with zero attached hydrogens (tertiary/aromatic N) is 1. The fraction of sp³-hybridized carbons (Fsp3) is 0.233. The zero-order valence-electron chi connectivity index (χ0n) is 21.1. The van der Waals surface area contributed by atoms with Crippen LogP contribution in [0.4, 0.5) is 0 Å². The zero-order valence-corrected chi connectivity index (χ0v) is 21.9. The van der Waals surface area contributed by atoms with Crippen molar-refractivity contribution in [3.8, 4) is 5.75 Å². The van der Waals surface area contributed by atoms with Gasteiger partial charge in [0.15, 0.2) is 5.16 Å². The van der Waals surface area contributed by atoms with E-state index in [-0.39, 0.29) is 23.8 Å². The third-order valence-electron chi connectivity index (χ3n) is 6.21. The lowest BCUT2D eigenvalue weighted by Crippen LogP contribution is -2.30. The molecule has 0 unspecified atom stereocenters. The Kier molecular flexibility index (Phi) is 9.16. The van der Waals surface area contributed by atoms with Gasteiger partial charge < -0.3 is 15.0 Å². The second kappa shape index (κ2) is 12.9. The second-order valence-corrected chi connectivity index (χ2v) is 9.73. The molecule has 2 N–H and O–H groups in total. The molecule has 0 bridgehead atoms. The number of amides is 1. The number of ether oxygens (including phenoxy) is 1. The van der Waals surface area contributed by atoms with Gasteiger partial charge in [0, 0.05) is 29.5 Å². The first-order valence-electron chi connectivity index (χ1n) is 12.3. The van der Waals surface area contributed by atoms with Crippen molar-refractivity contribution in [2.75, 3.05) is 13.7 Å². The van der Waals surface area contributed by atoms with Crippen LogP contribution in [0.5, 0.6) is 5.75 Å². The molecule has 0 aliphatic carbocycles. The fourth-order valence-electron chi connectivity index (χ4n) is 4.25. The normalized spacial score (nSPS) is 10.9. The van der Waals surface area contributed by atoms with Crippen LogP contribution in [0.2, 0.25) is 0 Å². The zero-order chi connectivity index (χ0) is 26.0. The highest BCUT2D eigenvalue weighted by Gasteiger charge is 2.16. The maximum atomic E-state index is 12.8. The maximum Gasteiger partial charge on any atom is 0.255 e. The van der Waals surface area contributed by atoms with Crippen molar-refractivity contribution in [1.82, 2.24) is 15.3 Å². The number of thioether (sulfide) groups is 1. The predicted molar refractivity (Wildman–Crippen MR) is 148 cm³/mol. The van der Waals surface area contributed by atoms with E-state index < -0.39 is 0 Å². The first-order chi connectivity index (χ1) is 18.0. The summed E-state index contributed by atoms with van der Waals surface area (Å²) in [5.41, 5.74) is 4.17. The van der Waals surface area contributed by atoms with Crippen LogP contribution < -0.4 is 15.6 Å². The van der Waals surface area contributed by atoms with Crippen molar-refractivity contribution in [2.24, 2.45) is 0 Å². The quantitative estimate of drug-likeness (QED) is 0.211. The molecule has 6 nitrogen and oxygen atoms in total. The van der Waals surface area contributed by atoms with E-state index in [0.29, 0.717) is 28.7 Å². The minimum absolute atomic E-state index is 0.00363. The minimum atomic E-state index is -0.276. The van der Waals surface area contributed by atoms with Crippen molar-refractivity contribution < 1.29 is 9.53 Å². The molecule has 1 aromatic heterocycles. The summed E-state index contributed by atoms with van der Waals surface area (Å²) < 4.78 is 5.26. The summed E-state index contributed by atoms with van der Waals surface area (Å²) in [6.07, 6.45) is 0.754. The van der Waals surface area contributed by atoms with Crippen LogP contribution >= 0.6 is 11.8 Å². The summed E-state index contributed by atoms with van der Waals surface area (Å²) in [6.45, 7) is 2.28. The number of nitrogens with one attached hydrogen (secondary N) is 2. The molecule has 0 atom stereocenters. The molecular weight excluding hydrogens is 482 g/mol. The van der Waals surface area contributed by atoms with Crippen LogP contribution in [0.15, 0.2) is 94.9 Å². The molecule has 0 radical (unpaired) electrons. The molecular formula is C30H31N3O3S. The van der Waals surface area contributed by atoms with E-state index in [4.69, 9.17) is 4.74 Å². The molecule has 4 rings (SSSR count). The van der Waals surface area contributed by atoms with E-state index in [0.717, 1.165) is 17.7 Å². The van der Waals surface area contributed by atoms with E-state index in [1.807, 2.05) is 60.7 Å². The number of aromatic nitrogens is 2. The Morgan fingerprint density at radius 2 is 1.68 bits per heavy atom. The van der Waals surface area contributed by atoms with Crippen molar-refractivity contribution >= 4 is 17.7 Å². The van der Waals surface area contributed by atoms with Gasteiger partial charge in [-0.05, 0) is 42.2 Å². The molecule has 1 heterocycles. The van der Waals surface area contributed by atoms with Gasteiger partial charge in [-0.25, -0.2) is 4.98 Å². The Hall–Kier alpha value is -3.84. The average Bonchev–Trinajstić information content (AvgIpc) is 2.93. The third-order valence-corrected chi connectivity index (χ3v) is 7.15. The van der Waals surface area contributed by atoms with Crippen molar-refractivity contribution in [2.45, 2.75) is 36.6 Å². The first kappa shape index (κ1) is 26.2. The number of aromatic amines is 1. The molecule has 0 aliphatic rings. The lowest BCUT2D eigenvalue weighted by molar-refractivity contribution is -0.120. The topological polar surface area (TPSA) is 84.1 Å². The molecule has 7 heteroatoms. The van der Waals surface area contributed by atoms with Crippen LogP contribution in [0.25, 0.3) is 0 Å². The molecule has 37 heavy (non-hydrogen) atoms. The van der Waals surface area contributed by atoms with Gasteiger partial charge in [-0.2, -0.15) is 0 Å². The number of H-pyrrole nitrogens is 1. The average molecular weight is 514 g/mol. The lowest BCUT2D eigenvalue weighted by Gasteiger charge is -2.18. The number of carbonyl (C=O) groups is 1. The number of rotatable bonds is 11. The Morgan fingerprint density at radius 1 is 1.00 bits per heavy atom. The van der Waals surface area contributed by atoms with Crippen LogP contribution in [-0.4, -0.2) is 29.5 Å². The highest BCUT2D eigenvalue weighted by atomic mass is 32.2. The molecule has 0 fully saturated rings. The number of benzene rings is 3. The summed E-state index contributed by atoms with van der Waals surface area (Å²) in [5.74, 6) is 1.42. The van der Waals surface area contributed by atoms with Gasteiger partial charge in [-0.1, -0.05) is 84.6 Å². The summed E-state index contributed by atoms with van der Waals surface area (Å²) in [6, 6.07) is 28.4. The number of aryl methyl sites for hydroxylation is 1. The summed E-state index contributed by atoms with van der Waals surface area (Å²) >= 11 is 1.44. The smallest absolute Gasteiger partial charge is 0.255 e. The van der Waals surface area contributed by atoms with Gasteiger partial charge >= 0.3 is 0 Å². The Bertz CT molecular complexity index is 1330. The van der Waals surface area contributed by atoms with E-state index in [1.165, 1.54) is 22.9 Å². The lowest BCUT2D eigenvalue weighted by atomic mass is 9.88. The molecule has 0 aliphatic heterocycles. The largest absolute Gasteiger partial charge is 0.497 e. The van der Waals surface area contributed by atoms with Crippen molar-refractivity contribution in [3.63, 3.8) is 0 Å². The number of hydrogen-bond acceptors (Lipinski definition) is 5. The van der Waals surface area contributed by atoms with E-state index in [9.17, 15) is 9.59 Å². The van der Waals surface area contributed by atoms with Gasteiger partial charge in [0.05, 0.1) is 13.5 Å². The monoisotopic (exact) mass is 513 g/mol. The molecule has 4 aromatic rings. The van der Waals surface area contributed by atoms with Gasteiger partial charge in [0.25, 0.3) is 5.56 Å². The molecule has 0 saturated carbocycles. The third kappa shape index (κ3) is 7.33. The fourth-order valence-corrected chi connectivity index (χ4v) is 5.10. The molecule has 190 valence electrons. The van der Waals surface area contributed by atoms with E-state index >= 15 is 0 Å². The Balaban J connectivity index is 1.35. The van der Waals surface area contributed by atoms with E-state index in [1.54, 1.807) is 14.0 Å². The summed E-state index contributed by atoms with van der Waals surface area (Å²) in [7, 11) is 1.63. The van der Waals surface area contributed by atoms with Crippen LogP contribution in [0, 0.1) is 6.92 Å². The Morgan fingerprint density at radius 3 is 2.30 bits per heavy atom. The molecule has 3 aromatic carbocycles. The predicted octanol–water partition coefficient (Wildman–Crippen LogP) is 5.26. The molecule has 0 saturated heterocycles. The van der Waals surface area contributed by atoms with Gasteiger partial charge in [-0.15, -0.1) is 0 Å². The number of methoxy groups -OCH3 is 1. The highest BCUT2D eigenvalue weighted by Crippen LogP contribution is 2.27. The standard InChI is InChI=1S/C30H31N3O3S/c1-21-27(29(35)33-30(32-21)37-20-22-10-9-15-25(18-22)36-2)19-28(34)31-17-16-26(23-11-5-3-6-12-23)24-13-7-4-8-14-24/h3-15,18,26H,16-17,19-20H2,1-2H3,(H,31,34)(H,32,33,35). The van der Waals surface area contributed by atoms with Crippen LogP contribution in [-0.2, 0) is 17.0 Å². The van der Waals surface area contributed by atoms with Gasteiger partial charge in [0.2, 0.25) is 5.91 Å². The molecule has 1 amide bonds. The van der Waals surface area contributed by atoms with Crippen LogP contribution in [0.3, 0.4) is 0 Å². The second-order valence-electron chi connectivity index (χ2n) is 8.76. The number of carbonyl (C=O) groups excluding carboxylic acids is 1. The minimum Gasteiger partial charge on any atom is -0.497 e. The summed E-state index contributed by atoms with van der Waals surface area (Å²) in [5, 5.41) is 3.52. The van der Waals surface area contributed by atoms with Gasteiger partial charge in [-0.3, -0.25) is 9.59 Å². The highest BCUT2D eigenvalue weighted by molar-refractivity contribution is 7.98. The van der Waals surface area contributed by atoms with E-state index in [2.05, 4.69) is 39.6 Å². The van der Waals surface area contributed by atoms with Crippen LogP contribution in [0.1, 0.15) is 40.3 Å². The maximum absolute atomic E-state index is 12.8. The Labute approximate surface area is 221 Å². The van der Waals surface area contributed by atoms with Gasteiger partial charge in [0.1, 0.15) is 5.75 Å². The first-order valence-corrected chi connectivity index (χ1v) is 13.2. The summed E-state index contributed by atoms with van der Waals surface area (Å²) in [4.78, 5) is 32.8. The molecule has 0 spiro atoms. The number of hydrogen-bond donors (Lipinski definition) is 2. The SMILES string of the molecule is COc1cccc(CSc2nc(C)c(CC(=O)NCCC(c3ccccc3)c3ccccc3)c(=O)[nH]2)c1. The van der Waals surface area contributed by atoms with Crippen molar-refractivity contribution in [1.29, 1.82) is 0 Å². The van der Waals surface area contributed by atoms with Crippen molar-refractivity contribution in [3.05, 3.63) is 123 Å².